The molecule has 0 aliphatic rings. The summed E-state index contributed by atoms with van der Waals surface area (Å²) in [6.45, 7) is 5.03. The Labute approximate surface area is 108 Å². The minimum atomic E-state index is -3.19. The molecule has 1 rings (SSSR count). The molecule has 0 aromatic heterocycles. The first-order chi connectivity index (χ1) is 8.06. The highest BCUT2D eigenvalue weighted by atomic mass is 35.5. The average Bonchev–Trinajstić information content (AvgIpc) is 2.36. The summed E-state index contributed by atoms with van der Waals surface area (Å²) in [5, 5.41) is 0. The van der Waals surface area contributed by atoms with Gasteiger partial charge in [-0.15, -0.1) is 11.6 Å². The Morgan fingerprint density at radius 3 is 2.41 bits per heavy atom. The van der Waals surface area contributed by atoms with Gasteiger partial charge in [0.25, 0.3) is 0 Å². The van der Waals surface area contributed by atoms with E-state index in [1.807, 2.05) is 24.0 Å². The summed E-state index contributed by atoms with van der Waals surface area (Å²) in [7, 11) is -3.19. The van der Waals surface area contributed by atoms with Crippen molar-refractivity contribution in [2.24, 2.45) is 0 Å². The van der Waals surface area contributed by atoms with Crippen molar-refractivity contribution in [1.82, 2.24) is 0 Å². The first kappa shape index (κ1) is 14.3. The predicted octanol–water partition coefficient (Wildman–Crippen LogP) is 2.55. The molecule has 0 unspecified atom stereocenters. The number of hydrogen-bond acceptors (Lipinski definition) is 3. The van der Waals surface area contributed by atoms with Crippen LogP contribution in [0.4, 0.5) is 5.69 Å². The van der Waals surface area contributed by atoms with Gasteiger partial charge in [0, 0.05) is 19.0 Å². The van der Waals surface area contributed by atoms with Crippen LogP contribution in [0.15, 0.2) is 29.2 Å². The molecule has 17 heavy (non-hydrogen) atoms. The van der Waals surface area contributed by atoms with Crippen LogP contribution in [-0.4, -0.2) is 33.1 Å². The van der Waals surface area contributed by atoms with Crippen molar-refractivity contribution in [2.45, 2.75) is 18.7 Å². The highest BCUT2D eigenvalue weighted by Crippen LogP contribution is 2.25. The van der Waals surface area contributed by atoms with Crippen LogP contribution in [0.5, 0.6) is 0 Å². The fourth-order valence-electron chi connectivity index (χ4n) is 1.69. The van der Waals surface area contributed by atoms with E-state index in [9.17, 15) is 8.42 Å². The Kier molecular flexibility index (Phi) is 5.28. The van der Waals surface area contributed by atoms with Crippen molar-refractivity contribution < 1.29 is 8.42 Å². The Bertz CT molecular complexity index is 459. The number of alkyl halides is 1. The van der Waals surface area contributed by atoms with Gasteiger partial charge in [-0.05, 0) is 19.1 Å². The Balaban J connectivity index is 3.24. The molecule has 0 saturated heterocycles. The molecule has 0 spiro atoms. The number of benzene rings is 1. The van der Waals surface area contributed by atoms with Gasteiger partial charge in [0.05, 0.1) is 16.3 Å². The number of hydrogen-bond donors (Lipinski definition) is 0. The molecule has 0 amide bonds. The minimum absolute atomic E-state index is 0.114. The monoisotopic (exact) mass is 275 g/mol. The minimum Gasteiger partial charge on any atom is -0.370 e. The van der Waals surface area contributed by atoms with Crippen LogP contribution < -0.4 is 4.90 Å². The second-order valence-electron chi connectivity index (χ2n) is 3.64. The van der Waals surface area contributed by atoms with Crippen molar-refractivity contribution >= 4 is 27.1 Å². The van der Waals surface area contributed by atoms with E-state index < -0.39 is 9.84 Å². The second-order valence-corrected chi connectivity index (χ2v) is 6.26. The molecule has 0 fully saturated rings. The third-order valence-electron chi connectivity index (χ3n) is 2.66. The SMILES string of the molecule is CCN(CCCl)c1ccccc1S(=O)(=O)CC. The van der Waals surface area contributed by atoms with E-state index in [-0.39, 0.29) is 5.75 Å². The van der Waals surface area contributed by atoms with Crippen LogP contribution >= 0.6 is 11.6 Å². The van der Waals surface area contributed by atoms with E-state index in [4.69, 9.17) is 11.6 Å². The molecule has 1 aromatic carbocycles. The normalized spacial score (nSPS) is 11.5. The molecule has 0 aliphatic heterocycles. The molecule has 0 bridgehead atoms. The highest BCUT2D eigenvalue weighted by molar-refractivity contribution is 7.91. The summed E-state index contributed by atoms with van der Waals surface area (Å²) >= 11 is 5.73. The third-order valence-corrected chi connectivity index (χ3v) is 4.60. The lowest BCUT2D eigenvalue weighted by Crippen LogP contribution is -2.26. The smallest absolute Gasteiger partial charge is 0.180 e. The van der Waals surface area contributed by atoms with Gasteiger partial charge in [-0.1, -0.05) is 19.1 Å². The number of nitrogens with zero attached hydrogens (tertiary/aromatic N) is 1. The maximum Gasteiger partial charge on any atom is 0.180 e. The van der Waals surface area contributed by atoms with Gasteiger partial charge in [-0.2, -0.15) is 0 Å². The zero-order valence-corrected chi connectivity index (χ0v) is 11.8. The first-order valence-electron chi connectivity index (χ1n) is 5.69. The lowest BCUT2D eigenvalue weighted by atomic mass is 10.3. The van der Waals surface area contributed by atoms with E-state index in [1.165, 1.54) is 0 Å². The maximum atomic E-state index is 12.0. The topological polar surface area (TPSA) is 37.4 Å². The number of rotatable bonds is 6. The van der Waals surface area contributed by atoms with Crippen molar-refractivity contribution in [3.63, 3.8) is 0 Å². The summed E-state index contributed by atoms with van der Waals surface area (Å²) in [6.07, 6.45) is 0. The Morgan fingerprint density at radius 1 is 1.24 bits per heavy atom. The Hall–Kier alpha value is -0.740. The summed E-state index contributed by atoms with van der Waals surface area (Å²) < 4.78 is 24.0. The number of sulfone groups is 1. The molecule has 0 aliphatic carbocycles. The van der Waals surface area contributed by atoms with Gasteiger partial charge in [-0.25, -0.2) is 8.42 Å². The van der Waals surface area contributed by atoms with Crippen LogP contribution in [0.1, 0.15) is 13.8 Å². The third kappa shape index (κ3) is 3.36. The highest BCUT2D eigenvalue weighted by Gasteiger charge is 2.18. The number of para-hydroxylation sites is 1. The van der Waals surface area contributed by atoms with Crippen LogP contribution in [0.2, 0.25) is 0 Å². The zero-order valence-electron chi connectivity index (χ0n) is 10.2. The summed E-state index contributed by atoms with van der Waals surface area (Å²) in [5.41, 5.74) is 0.748. The lowest BCUT2D eigenvalue weighted by molar-refractivity contribution is 0.597. The fourth-order valence-corrected chi connectivity index (χ4v) is 3.00. The molecule has 0 saturated carbocycles. The van der Waals surface area contributed by atoms with Crippen LogP contribution in [0, 0.1) is 0 Å². The molecule has 96 valence electrons. The average molecular weight is 276 g/mol. The number of halogens is 1. The molecular weight excluding hydrogens is 258 g/mol. The molecule has 5 heteroatoms. The number of anilines is 1. The van der Waals surface area contributed by atoms with E-state index >= 15 is 0 Å². The largest absolute Gasteiger partial charge is 0.370 e. The molecule has 1 aromatic rings. The van der Waals surface area contributed by atoms with Crippen molar-refractivity contribution in [3.8, 4) is 0 Å². The quantitative estimate of drug-likeness (QED) is 0.749. The van der Waals surface area contributed by atoms with Crippen LogP contribution in [0.25, 0.3) is 0 Å². The molecule has 0 radical (unpaired) electrons. The fraction of sp³-hybridized carbons (Fsp3) is 0.500. The van der Waals surface area contributed by atoms with Crippen LogP contribution in [0.3, 0.4) is 0 Å². The van der Waals surface area contributed by atoms with E-state index in [1.54, 1.807) is 19.1 Å². The molecule has 0 N–H and O–H groups in total. The van der Waals surface area contributed by atoms with Gasteiger partial charge in [-0.3, -0.25) is 0 Å². The lowest BCUT2D eigenvalue weighted by Gasteiger charge is -2.24. The van der Waals surface area contributed by atoms with Gasteiger partial charge in [0.2, 0.25) is 0 Å². The predicted molar refractivity (Wildman–Crippen MR) is 72.8 cm³/mol. The second kappa shape index (κ2) is 6.26. The first-order valence-corrected chi connectivity index (χ1v) is 7.88. The van der Waals surface area contributed by atoms with E-state index in [0.29, 0.717) is 17.3 Å². The summed E-state index contributed by atoms with van der Waals surface area (Å²) in [6, 6.07) is 7.09. The van der Waals surface area contributed by atoms with Gasteiger partial charge in [0.15, 0.2) is 9.84 Å². The Morgan fingerprint density at radius 2 is 1.88 bits per heavy atom. The summed E-state index contributed by atoms with van der Waals surface area (Å²) in [5.74, 6) is 0.594. The van der Waals surface area contributed by atoms with Crippen molar-refractivity contribution in [3.05, 3.63) is 24.3 Å². The summed E-state index contributed by atoms with van der Waals surface area (Å²) in [4.78, 5) is 2.38. The van der Waals surface area contributed by atoms with E-state index in [2.05, 4.69) is 0 Å². The zero-order chi connectivity index (χ0) is 12.9. The van der Waals surface area contributed by atoms with Crippen molar-refractivity contribution in [2.75, 3.05) is 29.6 Å². The maximum absolute atomic E-state index is 12.0. The van der Waals surface area contributed by atoms with Gasteiger partial charge < -0.3 is 4.90 Å². The van der Waals surface area contributed by atoms with Crippen molar-refractivity contribution in [1.29, 1.82) is 0 Å². The molecule has 3 nitrogen and oxygen atoms in total. The molecule has 0 atom stereocenters. The standard InChI is InChI=1S/C12H18ClNO2S/c1-3-14(10-9-13)11-7-5-6-8-12(11)17(15,16)4-2/h5-8H,3-4,9-10H2,1-2H3. The van der Waals surface area contributed by atoms with Gasteiger partial charge >= 0.3 is 0 Å². The van der Waals surface area contributed by atoms with Crippen LogP contribution in [-0.2, 0) is 9.84 Å². The van der Waals surface area contributed by atoms with E-state index in [0.717, 1.165) is 12.2 Å². The van der Waals surface area contributed by atoms with Gasteiger partial charge in [0.1, 0.15) is 0 Å². The molecular formula is C12H18ClNO2S. The molecule has 0 heterocycles.